The van der Waals surface area contributed by atoms with Gasteiger partial charge in [0.15, 0.2) is 5.75 Å². The fourth-order valence-corrected chi connectivity index (χ4v) is 4.43. The van der Waals surface area contributed by atoms with E-state index in [-0.39, 0.29) is 16.8 Å². The van der Waals surface area contributed by atoms with Crippen molar-refractivity contribution >= 4 is 34.3 Å². The third-order valence-electron chi connectivity index (χ3n) is 4.91. The number of carbonyl (C=O) groups excluding carboxylic acids is 1. The van der Waals surface area contributed by atoms with Crippen LogP contribution in [0.5, 0.6) is 5.75 Å². The van der Waals surface area contributed by atoms with Gasteiger partial charge in [0.05, 0.1) is 35.5 Å². The average Bonchev–Trinajstić information content (AvgIpc) is 3.18. The Labute approximate surface area is 189 Å². The summed E-state index contributed by atoms with van der Waals surface area (Å²) in [6, 6.07) is 8.83. The first kappa shape index (κ1) is 23.7. The molecule has 2 atom stereocenters. The van der Waals surface area contributed by atoms with Crippen molar-refractivity contribution in [3.63, 3.8) is 0 Å². The summed E-state index contributed by atoms with van der Waals surface area (Å²) in [5, 5.41) is 11.9. The number of fused-ring (bicyclic) bond motifs is 1. The molecular formula is C22H26N4O5S. The minimum Gasteiger partial charge on any atom is -0.609 e. The number of ether oxygens (including phenoxy) is 2. The van der Waals surface area contributed by atoms with Crippen molar-refractivity contribution in [3.05, 3.63) is 47.8 Å². The van der Waals surface area contributed by atoms with Crippen LogP contribution in [0, 0.1) is 12.8 Å². The lowest BCUT2D eigenvalue weighted by Gasteiger charge is -2.15. The molecule has 1 aromatic carbocycles. The molecule has 0 aliphatic heterocycles. The van der Waals surface area contributed by atoms with E-state index in [0.29, 0.717) is 35.7 Å². The molecule has 3 rings (SSSR count). The second-order valence-electron chi connectivity index (χ2n) is 7.18. The standard InChI is InChI=1S/C22H26N4O5S/c1-15(13-24-28)21(27)26-19-8-5-4-7-17(19)25-22(26)32(29)14-18-16(2)20(9-10-23-18)31-12-6-11-30-3/h4-5,7-10,13,15,28H,6,11-12,14H2,1-3H3. The van der Waals surface area contributed by atoms with Gasteiger partial charge in [-0.1, -0.05) is 12.1 Å². The topological polar surface area (TPSA) is 122 Å². The van der Waals surface area contributed by atoms with Crippen molar-refractivity contribution in [3.8, 4) is 5.75 Å². The molecule has 3 aromatic rings. The van der Waals surface area contributed by atoms with Gasteiger partial charge >= 0.3 is 5.16 Å². The van der Waals surface area contributed by atoms with Crippen LogP contribution in [0.15, 0.2) is 46.8 Å². The van der Waals surface area contributed by atoms with Gasteiger partial charge in [-0.2, -0.15) is 4.98 Å². The predicted octanol–water partition coefficient (Wildman–Crippen LogP) is 3.20. The summed E-state index contributed by atoms with van der Waals surface area (Å²) < 4.78 is 25.5. The van der Waals surface area contributed by atoms with E-state index in [4.69, 9.17) is 14.7 Å². The second-order valence-corrected chi connectivity index (χ2v) is 8.52. The van der Waals surface area contributed by atoms with E-state index >= 15 is 0 Å². The zero-order valence-corrected chi connectivity index (χ0v) is 19.0. The Bertz CT molecular complexity index is 1100. The molecule has 0 fully saturated rings. The second kappa shape index (κ2) is 11.1. The molecule has 10 heteroatoms. The maximum absolute atomic E-state index is 13.3. The van der Waals surface area contributed by atoms with Gasteiger partial charge in [0, 0.05) is 43.1 Å². The van der Waals surface area contributed by atoms with Gasteiger partial charge in [-0.25, -0.2) is 4.57 Å². The Balaban J connectivity index is 1.90. The van der Waals surface area contributed by atoms with Crippen LogP contribution in [-0.4, -0.2) is 56.7 Å². The van der Waals surface area contributed by atoms with Crippen molar-refractivity contribution in [2.24, 2.45) is 11.1 Å². The Kier molecular flexibility index (Phi) is 8.20. The molecule has 2 aromatic heterocycles. The minimum absolute atomic E-state index is 0.0696. The Hall–Kier alpha value is -2.95. The number of pyridine rings is 1. The number of imidazole rings is 1. The number of benzene rings is 1. The Morgan fingerprint density at radius 3 is 2.88 bits per heavy atom. The van der Waals surface area contributed by atoms with Crippen LogP contribution in [-0.2, 0) is 21.7 Å². The van der Waals surface area contributed by atoms with Gasteiger partial charge in [-0.3, -0.25) is 9.78 Å². The SMILES string of the molecule is COCCCOc1ccnc(C[S+]([O-])c2nc3ccccc3n2C(=O)C(C)C=NO)c1C. The van der Waals surface area contributed by atoms with Crippen molar-refractivity contribution in [1.82, 2.24) is 14.5 Å². The van der Waals surface area contributed by atoms with Gasteiger partial charge in [-0.15, -0.1) is 5.16 Å². The highest BCUT2D eigenvalue weighted by molar-refractivity contribution is 7.90. The lowest BCUT2D eigenvalue weighted by atomic mass is 10.2. The van der Waals surface area contributed by atoms with E-state index < -0.39 is 17.1 Å². The highest BCUT2D eigenvalue weighted by atomic mass is 32.2. The van der Waals surface area contributed by atoms with E-state index in [1.54, 1.807) is 50.6 Å². The molecule has 0 saturated heterocycles. The molecule has 32 heavy (non-hydrogen) atoms. The van der Waals surface area contributed by atoms with E-state index in [1.165, 1.54) is 4.57 Å². The van der Waals surface area contributed by atoms with Gasteiger partial charge in [0.1, 0.15) is 5.75 Å². The van der Waals surface area contributed by atoms with E-state index in [9.17, 15) is 9.35 Å². The molecule has 2 unspecified atom stereocenters. The fourth-order valence-electron chi connectivity index (χ4n) is 3.17. The van der Waals surface area contributed by atoms with E-state index in [2.05, 4.69) is 15.1 Å². The molecule has 0 saturated carbocycles. The molecule has 170 valence electrons. The largest absolute Gasteiger partial charge is 0.609 e. The molecule has 0 aliphatic rings. The molecule has 9 nitrogen and oxygen atoms in total. The summed E-state index contributed by atoms with van der Waals surface area (Å²) in [6.07, 6.45) is 3.49. The molecule has 0 bridgehead atoms. The number of para-hydroxylation sites is 2. The smallest absolute Gasteiger partial charge is 0.331 e. The van der Waals surface area contributed by atoms with Crippen LogP contribution in [0.3, 0.4) is 0 Å². The quantitative estimate of drug-likeness (QED) is 0.163. The van der Waals surface area contributed by atoms with Crippen molar-refractivity contribution in [1.29, 1.82) is 0 Å². The van der Waals surface area contributed by atoms with Gasteiger partial charge in [0.25, 0.3) is 0 Å². The highest BCUT2D eigenvalue weighted by Gasteiger charge is 2.29. The molecule has 0 radical (unpaired) electrons. The number of rotatable bonds is 10. The first-order valence-electron chi connectivity index (χ1n) is 10.1. The van der Waals surface area contributed by atoms with Crippen molar-refractivity contribution in [2.75, 3.05) is 20.3 Å². The number of carbonyl (C=O) groups is 1. The summed E-state index contributed by atoms with van der Waals surface area (Å²) in [4.78, 5) is 21.8. The number of aromatic nitrogens is 3. The van der Waals surface area contributed by atoms with Crippen LogP contribution >= 0.6 is 0 Å². The molecular weight excluding hydrogens is 432 g/mol. The van der Waals surface area contributed by atoms with E-state index in [0.717, 1.165) is 18.2 Å². The minimum atomic E-state index is -1.66. The lowest BCUT2D eigenvalue weighted by molar-refractivity contribution is 0.0873. The van der Waals surface area contributed by atoms with Crippen LogP contribution in [0.1, 0.15) is 29.4 Å². The lowest BCUT2D eigenvalue weighted by Crippen LogP contribution is -2.25. The normalized spacial score (nSPS) is 13.5. The number of hydrogen-bond donors (Lipinski definition) is 1. The van der Waals surface area contributed by atoms with Crippen LogP contribution in [0.25, 0.3) is 11.0 Å². The third-order valence-corrected chi connectivity index (χ3v) is 6.13. The summed E-state index contributed by atoms with van der Waals surface area (Å²) in [5.74, 6) is -0.377. The average molecular weight is 459 g/mol. The van der Waals surface area contributed by atoms with Gasteiger partial charge in [0.2, 0.25) is 5.91 Å². The molecule has 0 amide bonds. The Morgan fingerprint density at radius 2 is 2.12 bits per heavy atom. The molecule has 1 N–H and O–H groups in total. The van der Waals surface area contributed by atoms with Gasteiger partial charge in [-0.05, 0) is 32.0 Å². The van der Waals surface area contributed by atoms with Gasteiger partial charge < -0.3 is 19.2 Å². The summed E-state index contributed by atoms with van der Waals surface area (Å²) in [5.41, 5.74) is 2.48. The molecule has 2 heterocycles. The number of nitrogens with zero attached hydrogens (tertiary/aromatic N) is 4. The maximum atomic E-state index is 13.3. The van der Waals surface area contributed by atoms with E-state index in [1.807, 2.05) is 6.92 Å². The Morgan fingerprint density at radius 1 is 1.34 bits per heavy atom. The van der Waals surface area contributed by atoms with Crippen LogP contribution in [0.2, 0.25) is 0 Å². The van der Waals surface area contributed by atoms with Crippen molar-refractivity contribution in [2.45, 2.75) is 31.2 Å². The zero-order valence-electron chi connectivity index (χ0n) is 18.2. The summed E-state index contributed by atoms with van der Waals surface area (Å²) in [7, 11) is 1.64. The fraction of sp³-hybridized carbons (Fsp3) is 0.364. The summed E-state index contributed by atoms with van der Waals surface area (Å²) in [6.45, 7) is 4.55. The first-order chi connectivity index (χ1) is 15.5. The van der Waals surface area contributed by atoms with Crippen molar-refractivity contribution < 1.29 is 24.0 Å². The first-order valence-corrected chi connectivity index (χ1v) is 11.4. The van der Waals surface area contributed by atoms with Crippen LogP contribution < -0.4 is 4.74 Å². The predicted molar refractivity (Wildman–Crippen MR) is 121 cm³/mol. The number of methoxy groups -OCH3 is 1. The monoisotopic (exact) mass is 458 g/mol. The van der Waals surface area contributed by atoms with Crippen LogP contribution in [0.4, 0.5) is 0 Å². The number of hydrogen-bond acceptors (Lipinski definition) is 8. The zero-order chi connectivity index (χ0) is 23.1. The maximum Gasteiger partial charge on any atom is 0.331 e. The molecule has 0 aliphatic carbocycles. The third kappa shape index (κ3) is 5.26. The highest BCUT2D eigenvalue weighted by Crippen LogP contribution is 2.26. The number of oxime groups is 1. The summed E-state index contributed by atoms with van der Waals surface area (Å²) >= 11 is -1.66. The molecule has 0 spiro atoms.